The summed E-state index contributed by atoms with van der Waals surface area (Å²) in [5, 5.41) is 0.647. The van der Waals surface area contributed by atoms with Gasteiger partial charge in [0, 0.05) is 0 Å². The standard InChI is InChI=1S/CH2ClO2PS/c2-5(3,4)1-6/h1H,(H,3,4). The Balaban J connectivity index is 3.81. The molecule has 0 aliphatic heterocycles. The van der Waals surface area contributed by atoms with Gasteiger partial charge >= 0.3 is 6.72 Å². The van der Waals surface area contributed by atoms with Crippen LogP contribution < -0.4 is 0 Å². The Labute approximate surface area is 45.4 Å². The SMILES string of the molecule is O=P(O)(Cl)C=S. The van der Waals surface area contributed by atoms with Gasteiger partial charge < -0.3 is 4.89 Å². The first-order chi connectivity index (χ1) is 2.56. The molecule has 36 valence electrons. The fourth-order valence-electron chi connectivity index (χ4n) is 0. The van der Waals surface area contributed by atoms with Gasteiger partial charge in [-0.25, -0.2) is 0 Å². The van der Waals surface area contributed by atoms with Gasteiger partial charge in [-0.2, -0.15) is 0 Å². The van der Waals surface area contributed by atoms with E-state index < -0.39 is 6.72 Å². The van der Waals surface area contributed by atoms with Crippen LogP contribution in [0.3, 0.4) is 0 Å². The minimum Gasteiger partial charge on any atom is -0.330 e. The molecule has 0 rings (SSSR count). The Bertz CT molecular complexity index is 95.7. The molecule has 0 bridgehead atoms. The van der Waals surface area contributed by atoms with Crippen LogP contribution in [0.1, 0.15) is 0 Å². The highest BCUT2D eigenvalue weighted by molar-refractivity contribution is 8.07. The predicted molar refractivity (Wildman–Crippen MR) is 29.3 cm³/mol. The van der Waals surface area contributed by atoms with Crippen molar-refractivity contribution >= 4 is 35.3 Å². The number of rotatable bonds is 1. The third-order valence-electron chi connectivity index (χ3n) is 0.130. The van der Waals surface area contributed by atoms with Crippen LogP contribution in [-0.4, -0.2) is 10.0 Å². The molecule has 0 saturated heterocycles. The Morgan fingerprint density at radius 1 is 2.00 bits per heavy atom. The maximum Gasteiger partial charge on any atom is 0.320 e. The summed E-state index contributed by atoms with van der Waals surface area (Å²) in [7, 11) is 0. The van der Waals surface area contributed by atoms with Gasteiger partial charge in [0.15, 0.2) is 0 Å². The largest absolute Gasteiger partial charge is 0.330 e. The average molecular weight is 145 g/mol. The second-order valence-corrected chi connectivity index (χ2v) is 4.04. The zero-order valence-electron chi connectivity index (χ0n) is 2.67. The Kier molecular flexibility index (Phi) is 2.22. The molecular formula is CH2ClO2PS. The van der Waals surface area contributed by atoms with E-state index >= 15 is 0 Å². The molecule has 0 aromatic rings. The fraction of sp³-hybridized carbons (Fsp3) is 0. The van der Waals surface area contributed by atoms with E-state index in [-0.39, 0.29) is 0 Å². The molecule has 5 heteroatoms. The van der Waals surface area contributed by atoms with E-state index in [0.29, 0.717) is 5.11 Å². The molecular weight excluding hydrogens is 143 g/mol. The van der Waals surface area contributed by atoms with Crippen LogP contribution in [0.2, 0.25) is 0 Å². The molecule has 0 radical (unpaired) electrons. The molecule has 2 nitrogen and oxygen atoms in total. The summed E-state index contributed by atoms with van der Waals surface area (Å²) in [6.45, 7) is -3.48. The van der Waals surface area contributed by atoms with Crippen molar-refractivity contribution < 1.29 is 9.46 Å². The van der Waals surface area contributed by atoms with Crippen molar-refractivity contribution in [3.63, 3.8) is 0 Å². The molecule has 1 unspecified atom stereocenters. The van der Waals surface area contributed by atoms with Crippen LogP contribution in [0, 0.1) is 0 Å². The molecule has 0 fully saturated rings. The van der Waals surface area contributed by atoms with E-state index in [2.05, 4.69) is 23.5 Å². The lowest BCUT2D eigenvalue weighted by molar-refractivity contribution is 0.510. The van der Waals surface area contributed by atoms with E-state index in [4.69, 9.17) is 4.89 Å². The molecule has 0 aromatic heterocycles. The second-order valence-electron chi connectivity index (χ2n) is 0.650. The van der Waals surface area contributed by atoms with Crippen molar-refractivity contribution in [1.29, 1.82) is 0 Å². The van der Waals surface area contributed by atoms with Crippen molar-refractivity contribution in [3.05, 3.63) is 0 Å². The van der Waals surface area contributed by atoms with Crippen LogP contribution >= 0.6 is 30.2 Å². The Morgan fingerprint density at radius 2 is 2.17 bits per heavy atom. The Morgan fingerprint density at radius 3 is 2.17 bits per heavy atom. The van der Waals surface area contributed by atoms with E-state index in [9.17, 15) is 4.57 Å². The lowest BCUT2D eigenvalue weighted by Gasteiger charge is -1.83. The molecule has 0 spiro atoms. The molecule has 0 saturated carbocycles. The zero-order chi connectivity index (χ0) is 5.21. The molecule has 6 heavy (non-hydrogen) atoms. The second kappa shape index (κ2) is 2.03. The van der Waals surface area contributed by atoms with Gasteiger partial charge in [0.1, 0.15) is 0 Å². The maximum absolute atomic E-state index is 9.74. The lowest BCUT2D eigenvalue weighted by atomic mass is 11.9. The van der Waals surface area contributed by atoms with Crippen LogP contribution in [0.5, 0.6) is 0 Å². The third kappa shape index (κ3) is 4.57. The number of hydrogen-bond donors (Lipinski definition) is 1. The summed E-state index contributed by atoms with van der Waals surface area (Å²) in [5.74, 6) is 0. The first kappa shape index (κ1) is 6.57. The zero-order valence-corrected chi connectivity index (χ0v) is 5.13. The van der Waals surface area contributed by atoms with E-state index in [1.807, 2.05) is 0 Å². The average Bonchev–Trinajstić information content (AvgIpc) is 1.35. The number of halogens is 1. The van der Waals surface area contributed by atoms with Gasteiger partial charge in [-0.15, -0.1) is 0 Å². The highest BCUT2D eigenvalue weighted by Gasteiger charge is 2.03. The highest BCUT2D eigenvalue weighted by Crippen LogP contribution is 2.42. The first-order valence-electron chi connectivity index (χ1n) is 1.05. The minimum atomic E-state index is -3.48. The molecule has 0 heterocycles. The molecule has 0 aliphatic rings. The Hall–Kier alpha value is 0.570. The molecule has 0 amide bonds. The van der Waals surface area contributed by atoms with Gasteiger partial charge in [-0.1, -0.05) is 12.2 Å². The van der Waals surface area contributed by atoms with Crippen LogP contribution in [0.15, 0.2) is 0 Å². The van der Waals surface area contributed by atoms with Crippen molar-refractivity contribution in [2.45, 2.75) is 0 Å². The van der Waals surface area contributed by atoms with Gasteiger partial charge in [0.25, 0.3) is 0 Å². The fourth-order valence-corrected chi connectivity index (χ4v) is 0. The third-order valence-corrected chi connectivity index (χ3v) is 1.89. The monoisotopic (exact) mass is 144 g/mol. The molecule has 0 aliphatic carbocycles. The normalized spacial score (nSPS) is 19.0. The van der Waals surface area contributed by atoms with Crippen molar-refractivity contribution in [2.24, 2.45) is 0 Å². The summed E-state index contributed by atoms with van der Waals surface area (Å²) in [6, 6.07) is 0. The summed E-state index contributed by atoms with van der Waals surface area (Å²) >= 11 is 8.69. The topological polar surface area (TPSA) is 37.3 Å². The summed E-state index contributed by atoms with van der Waals surface area (Å²) < 4.78 is 9.74. The van der Waals surface area contributed by atoms with Crippen LogP contribution in [0.4, 0.5) is 0 Å². The quantitative estimate of drug-likeness (QED) is 0.446. The maximum atomic E-state index is 9.74. The van der Waals surface area contributed by atoms with Crippen LogP contribution in [0.25, 0.3) is 0 Å². The van der Waals surface area contributed by atoms with Crippen molar-refractivity contribution in [2.75, 3.05) is 0 Å². The highest BCUT2D eigenvalue weighted by atomic mass is 35.7. The molecule has 0 aromatic carbocycles. The van der Waals surface area contributed by atoms with Gasteiger partial charge in [0.2, 0.25) is 0 Å². The number of hydrogen-bond acceptors (Lipinski definition) is 2. The van der Waals surface area contributed by atoms with Gasteiger partial charge in [-0.05, 0) is 11.2 Å². The molecule has 1 N–H and O–H groups in total. The molecule has 1 atom stereocenters. The summed E-state index contributed by atoms with van der Waals surface area (Å²) in [4.78, 5) is 7.99. The van der Waals surface area contributed by atoms with Crippen molar-refractivity contribution in [1.82, 2.24) is 0 Å². The lowest BCUT2D eigenvalue weighted by Crippen LogP contribution is -1.59. The minimum absolute atomic E-state index is 0.647. The van der Waals surface area contributed by atoms with Crippen molar-refractivity contribution in [3.8, 4) is 0 Å². The van der Waals surface area contributed by atoms with E-state index in [1.54, 1.807) is 0 Å². The van der Waals surface area contributed by atoms with Gasteiger partial charge in [-0.3, -0.25) is 4.57 Å². The number of thiocarbonyl (C=S) groups is 1. The van der Waals surface area contributed by atoms with E-state index in [0.717, 1.165) is 0 Å². The summed E-state index contributed by atoms with van der Waals surface area (Å²) in [5.41, 5.74) is 0. The first-order valence-corrected chi connectivity index (χ1v) is 4.15. The van der Waals surface area contributed by atoms with Crippen LogP contribution in [-0.2, 0) is 4.57 Å². The predicted octanol–water partition coefficient (Wildman–Crippen LogP) is 1.37. The van der Waals surface area contributed by atoms with E-state index in [1.165, 1.54) is 0 Å². The van der Waals surface area contributed by atoms with Gasteiger partial charge in [0.05, 0.1) is 5.11 Å². The summed E-state index contributed by atoms with van der Waals surface area (Å²) in [6.07, 6.45) is 0. The smallest absolute Gasteiger partial charge is 0.320 e.